The highest BCUT2D eigenvalue weighted by Gasteiger charge is 2.17. The average Bonchev–Trinajstić information content (AvgIpc) is 3.37. The molecular formula is C28H29N3O5. The van der Waals surface area contributed by atoms with Crippen LogP contribution in [0.3, 0.4) is 0 Å². The van der Waals surface area contributed by atoms with E-state index < -0.39 is 0 Å². The van der Waals surface area contributed by atoms with E-state index in [1.807, 2.05) is 41.3 Å². The Kier molecular flexibility index (Phi) is 7.16. The molecule has 3 aromatic carbocycles. The van der Waals surface area contributed by atoms with Gasteiger partial charge in [-0.05, 0) is 59.2 Å². The predicted octanol–water partition coefficient (Wildman–Crippen LogP) is 3.82. The van der Waals surface area contributed by atoms with Gasteiger partial charge in [0.05, 0.1) is 39.2 Å². The molecule has 0 saturated carbocycles. The van der Waals surface area contributed by atoms with E-state index in [1.165, 1.54) is 5.56 Å². The first-order valence-electron chi connectivity index (χ1n) is 12.0. The number of carbonyl (C=O) groups excluding carboxylic acids is 2. The fourth-order valence-corrected chi connectivity index (χ4v) is 4.42. The Balaban J connectivity index is 1.24. The van der Waals surface area contributed by atoms with Gasteiger partial charge in [0.1, 0.15) is 11.5 Å². The number of morpholine rings is 1. The summed E-state index contributed by atoms with van der Waals surface area (Å²) in [6.45, 7) is 3.69. The summed E-state index contributed by atoms with van der Waals surface area (Å²) in [5, 5.41) is 5.81. The summed E-state index contributed by atoms with van der Waals surface area (Å²) in [5.74, 6) is 1.09. The molecule has 1 fully saturated rings. The van der Waals surface area contributed by atoms with Crippen LogP contribution in [0.1, 0.15) is 15.9 Å². The summed E-state index contributed by atoms with van der Waals surface area (Å²) in [4.78, 5) is 27.5. The number of ether oxygens (including phenoxy) is 3. The van der Waals surface area contributed by atoms with Crippen molar-refractivity contribution in [3.63, 3.8) is 0 Å². The number of nitrogens with one attached hydrogen (secondary N) is 2. The first kappa shape index (κ1) is 23.8. The van der Waals surface area contributed by atoms with Crippen LogP contribution >= 0.6 is 0 Å². The zero-order chi connectivity index (χ0) is 24.9. The van der Waals surface area contributed by atoms with Gasteiger partial charge < -0.3 is 24.8 Å². The molecular weight excluding hydrogens is 458 g/mol. The Morgan fingerprint density at radius 3 is 2.47 bits per heavy atom. The molecule has 0 bridgehead atoms. The molecule has 2 N–H and O–H groups in total. The zero-order valence-electron chi connectivity index (χ0n) is 20.2. The van der Waals surface area contributed by atoms with Crippen molar-refractivity contribution in [3.8, 4) is 22.6 Å². The van der Waals surface area contributed by atoms with Gasteiger partial charge in [-0.1, -0.05) is 18.2 Å². The molecule has 3 aromatic rings. The van der Waals surface area contributed by atoms with E-state index in [4.69, 9.17) is 14.2 Å². The van der Waals surface area contributed by atoms with Gasteiger partial charge in [0.15, 0.2) is 0 Å². The topological polar surface area (TPSA) is 89.1 Å². The fraction of sp³-hybridized carbons (Fsp3) is 0.286. The largest absolute Gasteiger partial charge is 0.495 e. The number of hydrogen-bond acceptors (Lipinski definition) is 6. The molecule has 8 heteroatoms. The molecule has 0 atom stereocenters. The van der Waals surface area contributed by atoms with Crippen molar-refractivity contribution in [1.82, 2.24) is 4.90 Å². The Hall–Kier alpha value is -3.88. The van der Waals surface area contributed by atoms with E-state index >= 15 is 0 Å². The highest BCUT2D eigenvalue weighted by Crippen LogP contribution is 2.31. The van der Waals surface area contributed by atoms with Crippen molar-refractivity contribution in [2.75, 3.05) is 57.2 Å². The number of fused-ring (bicyclic) bond motifs is 1. The molecule has 5 rings (SSSR count). The van der Waals surface area contributed by atoms with Crippen LogP contribution in [0.4, 0.5) is 11.4 Å². The van der Waals surface area contributed by atoms with E-state index in [1.54, 1.807) is 25.3 Å². The SMILES string of the molecule is COc1ccc(NC(=O)c2ccc(-c3ccc4c(c3)CCO4)cc2)cc1NC(=O)CN1CCOCC1. The minimum atomic E-state index is -0.236. The second-order valence-corrected chi connectivity index (χ2v) is 8.80. The molecule has 0 unspecified atom stereocenters. The lowest BCUT2D eigenvalue weighted by Gasteiger charge is -2.26. The van der Waals surface area contributed by atoms with Gasteiger partial charge in [0.2, 0.25) is 5.91 Å². The number of nitrogens with zero attached hydrogens (tertiary/aromatic N) is 1. The number of anilines is 2. The quantitative estimate of drug-likeness (QED) is 0.527. The molecule has 1 saturated heterocycles. The molecule has 2 aliphatic rings. The second kappa shape index (κ2) is 10.8. The number of hydrogen-bond donors (Lipinski definition) is 2. The standard InChI is InChI=1S/C28H29N3O5/c1-34-26-9-7-23(17-24(26)30-27(32)18-31-11-14-35-15-12-31)29-28(33)20-4-2-19(3-5-20)21-6-8-25-22(16-21)10-13-36-25/h2-9,16-17H,10-15,18H2,1H3,(H,29,33)(H,30,32). The summed E-state index contributed by atoms with van der Waals surface area (Å²) in [5.41, 5.74) is 4.95. The summed E-state index contributed by atoms with van der Waals surface area (Å²) < 4.78 is 16.3. The smallest absolute Gasteiger partial charge is 0.255 e. The first-order chi connectivity index (χ1) is 17.6. The third-order valence-electron chi connectivity index (χ3n) is 6.37. The maximum absolute atomic E-state index is 12.9. The fourth-order valence-electron chi connectivity index (χ4n) is 4.42. The Labute approximate surface area is 210 Å². The third-order valence-corrected chi connectivity index (χ3v) is 6.37. The minimum absolute atomic E-state index is 0.146. The Morgan fingerprint density at radius 2 is 1.69 bits per heavy atom. The van der Waals surface area contributed by atoms with Crippen molar-refractivity contribution < 1.29 is 23.8 Å². The van der Waals surface area contributed by atoms with Crippen LogP contribution in [0.15, 0.2) is 60.7 Å². The molecule has 0 aromatic heterocycles. The molecule has 0 radical (unpaired) electrons. The van der Waals surface area contributed by atoms with Crippen LogP contribution < -0.4 is 20.1 Å². The first-order valence-corrected chi connectivity index (χ1v) is 12.0. The Bertz CT molecular complexity index is 1250. The zero-order valence-corrected chi connectivity index (χ0v) is 20.2. The summed E-state index contributed by atoms with van der Waals surface area (Å²) in [7, 11) is 1.54. The van der Waals surface area contributed by atoms with Gasteiger partial charge in [0, 0.05) is 30.8 Å². The molecule has 186 valence electrons. The maximum atomic E-state index is 12.9. The lowest BCUT2D eigenvalue weighted by Crippen LogP contribution is -2.41. The van der Waals surface area contributed by atoms with Gasteiger partial charge in [-0.2, -0.15) is 0 Å². The predicted molar refractivity (Wildman–Crippen MR) is 138 cm³/mol. The van der Waals surface area contributed by atoms with Crippen molar-refractivity contribution in [2.45, 2.75) is 6.42 Å². The Morgan fingerprint density at radius 1 is 0.917 bits per heavy atom. The summed E-state index contributed by atoms with van der Waals surface area (Å²) in [6.07, 6.45) is 0.918. The number of amides is 2. The van der Waals surface area contributed by atoms with Crippen LogP contribution in [-0.4, -0.2) is 63.3 Å². The van der Waals surface area contributed by atoms with Crippen LogP contribution in [0.25, 0.3) is 11.1 Å². The molecule has 36 heavy (non-hydrogen) atoms. The number of benzene rings is 3. The number of carbonyl (C=O) groups is 2. The van der Waals surface area contributed by atoms with Gasteiger partial charge in [0.25, 0.3) is 5.91 Å². The van der Waals surface area contributed by atoms with E-state index in [0.29, 0.717) is 35.9 Å². The van der Waals surface area contributed by atoms with Crippen molar-refractivity contribution >= 4 is 23.2 Å². The number of rotatable bonds is 7. The third kappa shape index (κ3) is 5.50. The monoisotopic (exact) mass is 487 g/mol. The van der Waals surface area contributed by atoms with Crippen molar-refractivity contribution in [1.29, 1.82) is 0 Å². The lowest BCUT2D eigenvalue weighted by atomic mass is 10.0. The van der Waals surface area contributed by atoms with Crippen LogP contribution in [0.5, 0.6) is 11.5 Å². The molecule has 8 nitrogen and oxygen atoms in total. The maximum Gasteiger partial charge on any atom is 0.255 e. The molecule has 2 aliphatic heterocycles. The van der Waals surface area contributed by atoms with E-state index in [2.05, 4.69) is 16.7 Å². The highest BCUT2D eigenvalue weighted by atomic mass is 16.5. The van der Waals surface area contributed by atoms with E-state index in [-0.39, 0.29) is 18.4 Å². The summed E-state index contributed by atoms with van der Waals surface area (Å²) >= 11 is 0. The van der Waals surface area contributed by atoms with Gasteiger partial charge >= 0.3 is 0 Å². The van der Waals surface area contributed by atoms with Crippen molar-refractivity contribution in [3.05, 3.63) is 71.8 Å². The second-order valence-electron chi connectivity index (χ2n) is 8.80. The normalized spacial score (nSPS) is 15.0. The molecule has 2 amide bonds. The highest BCUT2D eigenvalue weighted by molar-refractivity contribution is 6.05. The van der Waals surface area contributed by atoms with Crippen LogP contribution in [-0.2, 0) is 16.0 Å². The molecule has 2 heterocycles. The van der Waals surface area contributed by atoms with Crippen LogP contribution in [0, 0.1) is 0 Å². The van der Waals surface area contributed by atoms with Gasteiger partial charge in [-0.15, -0.1) is 0 Å². The molecule has 0 aliphatic carbocycles. The van der Waals surface area contributed by atoms with Gasteiger partial charge in [-0.3, -0.25) is 14.5 Å². The van der Waals surface area contributed by atoms with E-state index in [0.717, 1.165) is 43.0 Å². The minimum Gasteiger partial charge on any atom is -0.495 e. The van der Waals surface area contributed by atoms with Gasteiger partial charge in [-0.25, -0.2) is 0 Å². The number of methoxy groups -OCH3 is 1. The van der Waals surface area contributed by atoms with Crippen molar-refractivity contribution in [2.24, 2.45) is 0 Å². The summed E-state index contributed by atoms with van der Waals surface area (Å²) in [6, 6.07) is 18.8. The molecule has 0 spiro atoms. The lowest BCUT2D eigenvalue weighted by molar-refractivity contribution is -0.118. The van der Waals surface area contributed by atoms with Crippen LogP contribution in [0.2, 0.25) is 0 Å². The average molecular weight is 488 g/mol. The van der Waals surface area contributed by atoms with E-state index in [9.17, 15) is 9.59 Å².